The van der Waals surface area contributed by atoms with Crippen LogP contribution in [0.3, 0.4) is 0 Å². The van der Waals surface area contributed by atoms with Crippen LogP contribution in [-0.2, 0) is 9.53 Å². The summed E-state index contributed by atoms with van der Waals surface area (Å²) in [5, 5.41) is 9.55. The molecule has 0 spiro atoms. The first-order valence-electron chi connectivity index (χ1n) is 7.11. The molecule has 1 atom stereocenters. The van der Waals surface area contributed by atoms with Crippen LogP contribution < -0.4 is 0 Å². The van der Waals surface area contributed by atoms with Crippen LogP contribution in [0.15, 0.2) is 0 Å². The highest BCUT2D eigenvalue weighted by atomic mass is 16.5. The Hall–Kier alpha value is -0.610. The fourth-order valence-corrected chi connectivity index (χ4v) is 2.70. The van der Waals surface area contributed by atoms with Crippen molar-refractivity contribution >= 4 is 5.97 Å². The standard InChI is InChI=1S/C14H27NO3/c1-4-6-12(3)15-9-7-14(11-16,8-10-15)13(17)18-5-2/h12,16H,4-11H2,1-3H3. The van der Waals surface area contributed by atoms with Gasteiger partial charge in [-0.15, -0.1) is 0 Å². The second kappa shape index (κ2) is 7.10. The second-order valence-corrected chi connectivity index (χ2v) is 5.33. The highest BCUT2D eigenvalue weighted by Gasteiger charge is 2.42. The third-order valence-corrected chi connectivity index (χ3v) is 4.10. The average molecular weight is 257 g/mol. The van der Waals surface area contributed by atoms with E-state index in [0.29, 0.717) is 25.5 Å². The number of ether oxygens (including phenoxy) is 1. The highest BCUT2D eigenvalue weighted by Crippen LogP contribution is 2.33. The first kappa shape index (κ1) is 15.4. The van der Waals surface area contributed by atoms with Gasteiger partial charge in [0.1, 0.15) is 0 Å². The number of nitrogens with zero attached hydrogens (tertiary/aromatic N) is 1. The molecule has 0 bridgehead atoms. The van der Waals surface area contributed by atoms with Crippen LogP contribution >= 0.6 is 0 Å². The molecule has 1 aliphatic heterocycles. The summed E-state index contributed by atoms with van der Waals surface area (Å²) >= 11 is 0. The number of esters is 1. The summed E-state index contributed by atoms with van der Waals surface area (Å²) < 4.78 is 5.10. The summed E-state index contributed by atoms with van der Waals surface area (Å²) in [6.07, 6.45) is 3.78. The molecular weight excluding hydrogens is 230 g/mol. The Labute approximate surface area is 110 Å². The van der Waals surface area contributed by atoms with Crippen LogP contribution in [0.2, 0.25) is 0 Å². The van der Waals surface area contributed by atoms with Crippen LogP contribution in [0.1, 0.15) is 46.5 Å². The van der Waals surface area contributed by atoms with E-state index in [2.05, 4.69) is 18.7 Å². The molecule has 1 rings (SSSR count). The van der Waals surface area contributed by atoms with Gasteiger partial charge >= 0.3 is 5.97 Å². The lowest BCUT2D eigenvalue weighted by molar-refractivity contribution is -0.162. The predicted octanol–water partition coefficient (Wildman–Crippen LogP) is 1.81. The van der Waals surface area contributed by atoms with Crippen molar-refractivity contribution in [3.05, 3.63) is 0 Å². The van der Waals surface area contributed by atoms with Gasteiger partial charge in [-0.25, -0.2) is 0 Å². The number of piperidine rings is 1. The van der Waals surface area contributed by atoms with Crippen molar-refractivity contribution in [3.8, 4) is 0 Å². The number of carbonyl (C=O) groups excluding carboxylic acids is 1. The monoisotopic (exact) mass is 257 g/mol. The Kier molecular flexibility index (Phi) is 6.09. The van der Waals surface area contributed by atoms with Gasteiger partial charge in [0.25, 0.3) is 0 Å². The number of hydrogen-bond acceptors (Lipinski definition) is 4. The van der Waals surface area contributed by atoms with E-state index < -0.39 is 5.41 Å². The van der Waals surface area contributed by atoms with E-state index in [0.717, 1.165) is 13.1 Å². The van der Waals surface area contributed by atoms with E-state index in [1.54, 1.807) is 6.92 Å². The molecule has 1 fully saturated rings. The largest absolute Gasteiger partial charge is 0.465 e. The minimum absolute atomic E-state index is 0.0954. The van der Waals surface area contributed by atoms with Crippen LogP contribution in [0, 0.1) is 5.41 Å². The van der Waals surface area contributed by atoms with E-state index in [4.69, 9.17) is 4.74 Å². The quantitative estimate of drug-likeness (QED) is 0.737. The molecule has 1 N–H and O–H groups in total. The maximum atomic E-state index is 12.0. The summed E-state index contributed by atoms with van der Waals surface area (Å²) in [7, 11) is 0. The minimum atomic E-state index is -0.654. The Morgan fingerprint density at radius 2 is 2.00 bits per heavy atom. The first-order chi connectivity index (χ1) is 8.59. The number of aliphatic hydroxyl groups is 1. The van der Waals surface area contributed by atoms with E-state index in [9.17, 15) is 9.90 Å². The summed E-state index contributed by atoms with van der Waals surface area (Å²) in [5.74, 6) is -0.227. The van der Waals surface area contributed by atoms with Gasteiger partial charge in [-0.1, -0.05) is 13.3 Å². The number of carbonyl (C=O) groups is 1. The highest BCUT2D eigenvalue weighted by molar-refractivity contribution is 5.77. The Balaban J connectivity index is 2.56. The fraction of sp³-hybridized carbons (Fsp3) is 0.929. The van der Waals surface area contributed by atoms with Crippen LogP contribution in [-0.4, -0.2) is 48.3 Å². The molecule has 0 aromatic rings. The summed E-state index contributed by atoms with van der Waals surface area (Å²) in [6, 6.07) is 0.564. The molecule has 0 radical (unpaired) electrons. The van der Waals surface area contributed by atoms with Gasteiger partial charge < -0.3 is 14.7 Å². The lowest BCUT2D eigenvalue weighted by Crippen LogP contribution is -2.49. The lowest BCUT2D eigenvalue weighted by atomic mass is 9.78. The Morgan fingerprint density at radius 1 is 1.39 bits per heavy atom. The number of hydrogen-bond donors (Lipinski definition) is 1. The predicted molar refractivity (Wildman–Crippen MR) is 71.3 cm³/mol. The van der Waals surface area contributed by atoms with Gasteiger partial charge in [-0.2, -0.15) is 0 Å². The molecule has 0 aromatic carbocycles. The number of aliphatic hydroxyl groups excluding tert-OH is 1. The van der Waals surface area contributed by atoms with Crippen LogP contribution in [0.5, 0.6) is 0 Å². The topological polar surface area (TPSA) is 49.8 Å². The van der Waals surface area contributed by atoms with Gasteiger partial charge in [0.15, 0.2) is 0 Å². The molecule has 1 heterocycles. The molecule has 4 nitrogen and oxygen atoms in total. The zero-order chi connectivity index (χ0) is 13.6. The molecular formula is C14H27NO3. The lowest BCUT2D eigenvalue weighted by Gasteiger charge is -2.41. The summed E-state index contributed by atoms with van der Waals surface area (Å²) in [6.45, 7) is 8.28. The molecule has 0 amide bonds. The molecule has 0 aromatic heterocycles. The van der Waals surface area contributed by atoms with E-state index in [1.165, 1.54) is 12.8 Å². The van der Waals surface area contributed by atoms with Crippen LogP contribution in [0.4, 0.5) is 0 Å². The van der Waals surface area contributed by atoms with E-state index >= 15 is 0 Å². The van der Waals surface area contributed by atoms with Crippen LogP contribution in [0.25, 0.3) is 0 Å². The molecule has 0 aliphatic carbocycles. The smallest absolute Gasteiger partial charge is 0.314 e. The Morgan fingerprint density at radius 3 is 2.44 bits per heavy atom. The summed E-state index contributed by atoms with van der Waals surface area (Å²) in [5.41, 5.74) is -0.654. The minimum Gasteiger partial charge on any atom is -0.465 e. The zero-order valence-electron chi connectivity index (χ0n) is 11.9. The van der Waals surface area contributed by atoms with Crippen molar-refractivity contribution < 1.29 is 14.6 Å². The normalized spacial score (nSPS) is 21.6. The summed E-state index contributed by atoms with van der Waals surface area (Å²) in [4.78, 5) is 14.4. The molecule has 4 heteroatoms. The second-order valence-electron chi connectivity index (χ2n) is 5.33. The molecule has 1 unspecified atom stereocenters. The third-order valence-electron chi connectivity index (χ3n) is 4.10. The van der Waals surface area contributed by atoms with E-state index in [1.807, 2.05) is 0 Å². The number of likely N-dealkylation sites (tertiary alicyclic amines) is 1. The third kappa shape index (κ3) is 3.45. The molecule has 18 heavy (non-hydrogen) atoms. The van der Waals surface area contributed by atoms with Gasteiger partial charge in [-0.3, -0.25) is 4.79 Å². The van der Waals surface area contributed by atoms with Gasteiger partial charge in [0.2, 0.25) is 0 Å². The zero-order valence-corrected chi connectivity index (χ0v) is 11.9. The van der Waals surface area contributed by atoms with Crippen molar-refractivity contribution in [2.24, 2.45) is 5.41 Å². The van der Waals surface area contributed by atoms with Crippen molar-refractivity contribution in [1.82, 2.24) is 4.90 Å². The SMILES string of the molecule is CCCC(C)N1CCC(CO)(C(=O)OCC)CC1. The van der Waals surface area contributed by atoms with Gasteiger partial charge in [-0.05, 0) is 46.2 Å². The van der Waals surface area contributed by atoms with Crippen molar-refractivity contribution in [1.29, 1.82) is 0 Å². The molecule has 0 saturated carbocycles. The first-order valence-corrected chi connectivity index (χ1v) is 7.11. The van der Waals surface area contributed by atoms with Gasteiger partial charge in [0, 0.05) is 6.04 Å². The maximum Gasteiger partial charge on any atom is 0.314 e. The molecule has 106 valence electrons. The maximum absolute atomic E-state index is 12.0. The van der Waals surface area contributed by atoms with Crippen molar-refractivity contribution in [2.45, 2.75) is 52.5 Å². The average Bonchev–Trinajstić information content (AvgIpc) is 2.39. The molecule has 1 aliphatic rings. The van der Waals surface area contributed by atoms with Gasteiger partial charge in [0.05, 0.1) is 18.6 Å². The van der Waals surface area contributed by atoms with Crippen molar-refractivity contribution in [3.63, 3.8) is 0 Å². The van der Waals surface area contributed by atoms with E-state index in [-0.39, 0.29) is 12.6 Å². The number of rotatable bonds is 6. The van der Waals surface area contributed by atoms with Crippen molar-refractivity contribution in [2.75, 3.05) is 26.3 Å². The fourth-order valence-electron chi connectivity index (χ4n) is 2.70. The Bertz CT molecular complexity index is 260. The molecule has 1 saturated heterocycles.